The summed E-state index contributed by atoms with van der Waals surface area (Å²) in [5.74, 6) is 5.85. The molecular weight excluding hydrogens is 477 g/mol. The largest absolute Gasteiger partial charge is 0.388 e. The monoisotopic (exact) mass is 505 g/mol. The number of rotatable bonds is 12. The van der Waals surface area contributed by atoms with Crippen LogP contribution < -0.4 is 21.7 Å². The molecule has 182 valence electrons. The summed E-state index contributed by atoms with van der Waals surface area (Å²) in [4.78, 5) is 10.9. The van der Waals surface area contributed by atoms with Crippen molar-refractivity contribution < 1.29 is 10.2 Å². The highest BCUT2D eigenvalue weighted by Crippen LogP contribution is 2.29. The highest BCUT2D eigenvalue weighted by Gasteiger charge is 2.24. The Balaban J connectivity index is 1.97. The zero-order valence-electron chi connectivity index (χ0n) is 18.7. The van der Waals surface area contributed by atoms with Gasteiger partial charge in [0.1, 0.15) is 6.23 Å². The minimum Gasteiger partial charge on any atom is -0.388 e. The summed E-state index contributed by atoms with van der Waals surface area (Å²) >= 11 is 12.2. The second kappa shape index (κ2) is 14.6. The van der Waals surface area contributed by atoms with E-state index in [0.29, 0.717) is 6.54 Å². The molecule has 10 heteroatoms. The Morgan fingerprint density at radius 2 is 1.82 bits per heavy atom. The summed E-state index contributed by atoms with van der Waals surface area (Å²) in [6.45, 7) is 2.63. The molecule has 0 aliphatic rings. The molecule has 0 saturated heterocycles. The van der Waals surface area contributed by atoms with E-state index in [1.54, 1.807) is 18.2 Å². The van der Waals surface area contributed by atoms with Crippen LogP contribution in [0, 0.1) is 16.7 Å². The molecule has 0 bridgehead atoms. The normalized spacial score (nSPS) is 14.5. The topological polar surface area (TPSA) is 132 Å². The van der Waals surface area contributed by atoms with Gasteiger partial charge >= 0.3 is 0 Å². The Morgan fingerprint density at radius 3 is 2.44 bits per heavy atom. The number of nitrogens with two attached hydrogens (primary N) is 1. The van der Waals surface area contributed by atoms with Crippen molar-refractivity contribution in [3.63, 3.8) is 0 Å². The molecule has 34 heavy (non-hydrogen) atoms. The number of nitrogens with zero attached hydrogens (tertiary/aromatic N) is 1. The maximum atomic E-state index is 10.9. The predicted molar refractivity (Wildman–Crippen MR) is 137 cm³/mol. The van der Waals surface area contributed by atoms with Crippen molar-refractivity contribution in [3.05, 3.63) is 80.8 Å². The van der Waals surface area contributed by atoms with Crippen LogP contribution >= 0.6 is 23.2 Å². The molecule has 4 atom stereocenters. The van der Waals surface area contributed by atoms with Gasteiger partial charge in [0.15, 0.2) is 0 Å². The molecule has 0 aromatic heterocycles. The fourth-order valence-corrected chi connectivity index (χ4v) is 3.56. The molecule has 4 unspecified atom stereocenters. The van der Waals surface area contributed by atoms with E-state index >= 15 is 0 Å². The molecule has 8 nitrogen and oxygen atoms in total. The Hall–Kier alpha value is -2.64. The van der Waals surface area contributed by atoms with Crippen molar-refractivity contribution in [3.8, 4) is 11.8 Å². The zero-order valence-corrected chi connectivity index (χ0v) is 20.2. The summed E-state index contributed by atoms with van der Waals surface area (Å²) in [7, 11) is 0. The molecule has 0 saturated carbocycles. The van der Waals surface area contributed by atoms with Crippen molar-refractivity contribution in [1.82, 2.24) is 10.6 Å². The van der Waals surface area contributed by atoms with Crippen LogP contribution in [0.15, 0.2) is 59.9 Å². The molecular formula is C24H29Cl2N5O3. The minimum absolute atomic E-state index is 0.0356. The van der Waals surface area contributed by atoms with Crippen molar-refractivity contribution in [2.75, 3.05) is 11.9 Å². The Bertz CT molecular complexity index is 988. The van der Waals surface area contributed by atoms with E-state index in [1.807, 2.05) is 36.5 Å². The van der Waals surface area contributed by atoms with Crippen LogP contribution in [-0.4, -0.2) is 35.2 Å². The number of anilines is 1. The van der Waals surface area contributed by atoms with E-state index in [-0.39, 0.29) is 28.2 Å². The fourth-order valence-electron chi connectivity index (χ4n) is 2.96. The quantitative estimate of drug-likeness (QED) is 0.147. The Labute approximate surface area is 209 Å². The molecule has 0 fully saturated rings. The first-order valence-corrected chi connectivity index (χ1v) is 11.5. The summed E-state index contributed by atoms with van der Waals surface area (Å²) in [5.41, 5.74) is 7.85. The molecule has 0 spiro atoms. The SMILES string of the molecule is CC/C=C\NCC(N)Nc1ccc(C#CCC(NC(O)c2c(Cl)cccc2Cl)C(O)N=O)cc1. The first kappa shape index (κ1) is 27.6. The maximum Gasteiger partial charge on any atom is 0.203 e. The number of aliphatic hydroxyl groups excluding tert-OH is 2. The van der Waals surface area contributed by atoms with E-state index in [0.717, 1.165) is 17.7 Å². The van der Waals surface area contributed by atoms with Gasteiger partial charge in [0, 0.05) is 39.8 Å². The van der Waals surface area contributed by atoms with Crippen molar-refractivity contribution in [2.45, 2.75) is 44.4 Å². The number of aliphatic hydroxyl groups is 2. The van der Waals surface area contributed by atoms with E-state index in [4.69, 9.17) is 28.9 Å². The molecule has 2 aromatic rings. The summed E-state index contributed by atoms with van der Waals surface area (Å²) in [6.07, 6.45) is 1.66. The number of hydrogen-bond donors (Lipinski definition) is 6. The molecule has 0 radical (unpaired) electrons. The molecule has 0 aliphatic heterocycles. The average molecular weight is 506 g/mol. The van der Waals surface area contributed by atoms with Crippen molar-refractivity contribution >= 4 is 28.9 Å². The number of nitroso groups, excluding NO2 is 1. The third kappa shape index (κ3) is 8.95. The smallest absolute Gasteiger partial charge is 0.203 e. The molecule has 7 N–H and O–H groups in total. The minimum atomic E-state index is -1.63. The summed E-state index contributed by atoms with van der Waals surface area (Å²) in [6, 6.07) is 11.2. The first-order chi connectivity index (χ1) is 16.3. The Morgan fingerprint density at radius 1 is 1.15 bits per heavy atom. The van der Waals surface area contributed by atoms with Crippen LogP contribution in [0.3, 0.4) is 0 Å². The van der Waals surface area contributed by atoms with Crippen molar-refractivity contribution in [2.24, 2.45) is 10.9 Å². The van der Waals surface area contributed by atoms with Crippen LogP contribution in [0.1, 0.15) is 37.1 Å². The molecule has 0 heterocycles. The zero-order chi connectivity index (χ0) is 24.9. The van der Waals surface area contributed by atoms with Crippen LogP contribution in [-0.2, 0) is 0 Å². The van der Waals surface area contributed by atoms with Gasteiger partial charge in [-0.15, -0.1) is 4.91 Å². The second-order valence-electron chi connectivity index (χ2n) is 7.38. The number of allylic oxidation sites excluding steroid dienone is 1. The average Bonchev–Trinajstić information content (AvgIpc) is 2.81. The van der Waals surface area contributed by atoms with Gasteiger partial charge in [-0.05, 0) is 54.2 Å². The number of nitrogens with one attached hydrogen (secondary N) is 3. The maximum absolute atomic E-state index is 10.9. The molecule has 0 amide bonds. The van der Waals surface area contributed by atoms with Gasteiger partial charge < -0.3 is 26.6 Å². The van der Waals surface area contributed by atoms with Gasteiger partial charge in [-0.2, -0.15) is 0 Å². The lowest BCUT2D eigenvalue weighted by atomic mass is 10.1. The third-order valence-electron chi connectivity index (χ3n) is 4.71. The summed E-state index contributed by atoms with van der Waals surface area (Å²) < 4.78 is 0. The van der Waals surface area contributed by atoms with E-state index < -0.39 is 18.5 Å². The van der Waals surface area contributed by atoms with Gasteiger partial charge in [0.2, 0.25) is 6.23 Å². The first-order valence-electron chi connectivity index (χ1n) is 10.7. The van der Waals surface area contributed by atoms with E-state index in [9.17, 15) is 15.1 Å². The van der Waals surface area contributed by atoms with E-state index in [2.05, 4.69) is 39.9 Å². The lowest BCUT2D eigenvalue weighted by Crippen LogP contribution is -2.41. The van der Waals surface area contributed by atoms with Crippen molar-refractivity contribution in [1.29, 1.82) is 0 Å². The van der Waals surface area contributed by atoms with Gasteiger partial charge in [0.05, 0.1) is 12.2 Å². The van der Waals surface area contributed by atoms with Gasteiger partial charge in [-0.3, -0.25) is 5.32 Å². The number of hydrogen-bond acceptors (Lipinski definition) is 8. The predicted octanol–water partition coefficient (Wildman–Crippen LogP) is 3.68. The van der Waals surface area contributed by atoms with E-state index in [1.165, 1.54) is 0 Å². The molecule has 0 aliphatic carbocycles. The Kier molecular flexibility index (Phi) is 11.8. The van der Waals surface area contributed by atoms with Crippen LogP contribution in [0.2, 0.25) is 10.0 Å². The van der Waals surface area contributed by atoms with Gasteiger partial charge in [0.25, 0.3) is 0 Å². The highest BCUT2D eigenvalue weighted by atomic mass is 35.5. The number of benzene rings is 2. The summed E-state index contributed by atoms with van der Waals surface area (Å²) in [5, 5.41) is 32.6. The van der Waals surface area contributed by atoms with Crippen LogP contribution in [0.4, 0.5) is 5.69 Å². The molecule has 2 rings (SSSR count). The lowest BCUT2D eigenvalue weighted by molar-refractivity contribution is 0.0697. The van der Waals surface area contributed by atoms with Crippen LogP contribution in [0.25, 0.3) is 0 Å². The number of halogens is 2. The van der Waals surface area contributed by atoms with Gasteiger partial charge in [-0.1, -0.05) is 54.1 Å². The molecule has 2 aromatic carbocycles. The van der Waals surface area contributed by atoms with Crippen LogP contribution in [0.5, 0.6) is 0 Å². The highest BCUT2D eigenvalue weighted by molar-refractivity contribution is 6.36. The standard InChI is InChI=1S/C24H29Cl2N5O3/c1-2-3-14-28-15-21(27)29-17-12-10-16(11-13-17)6-4-9-20(23(32)31-34)30-24(33)22-18(25)7-5-8-19(22)26/h3,5,7-8,10-14,20-21,23-24,28-30,32-33H,2,9,15,27H2,1H3/b14-3-. The lowest BCUT2D eigenvalue weighted by Gasteiger charge is -2.23. The van der Waals surface area contributed by atoms with Gasteiger partial charge in [-0.25, -0.2) is 0 Å². The fraction of sp³-hybridized carbons (Fsp3) is 0.333. The second-order valence-corrected chi connectivity index (χ2v) is 8.20. The third-order valence-corrected chi connectivity index (χ3v) is 5.37.